The van der Waals surface area contributed by atoms with E-state index in [1.165, 1.54) is 17.3 Å². The van der Waals surface area contributed by atoms with Gasteiger partial charge in [0.2, 0.25) is 10.0 Å². The molecule has 0 bridgehead atoms. The molecular weight excluding hydrogens is 420 g/mol. The Morgan fingerprint density at radius 2 is 1.81 bits per heavy atom. The molecular formula is C22H24N2O6S. The molecule has 1 aliphatic rings. The number of nitrogens with zero attached hydrogens (tertiary/aromatic N) is 1. The van der Waals surface area contributed by atoms with E-state index in [1.54, 1.807) is 49.4 Å². The van der Waals surface area contributed by atoms with E-state index >= 15 is 0 Å². The Bertz CT molecular complexity index is 1100. The van der Waals surface area contributed by atoms with Crippen LogP contribution in [0.5, 0.6) is 0 Å². The van der Waals surface area contributed by atoms with Crippen molar-refractivity contribution in [2.75, 3.05) is 23.2 Å². The predicted molar refractivity (Wildman–Crippen MR) is 116 cm³/mol. The van der Waals surface area contributed by atoms with Gasteiger partial charge in [-0.25, -0.2) is 13.2 Å². The van der Waals surface area contributed by atoms with Gasteiger partial charge in [0.15, 0.2) is 12.4 Å². The number of ketones is 1. The number of carbonyl (C=O) groups is 3. The van der Waals surface area contributed by atoms with Gasteiger partial charge in [-0.2, -0.15) is 0 Å². The summed E-state index contributed by atoms with van der Waals surface area (Å²) in [6, 6.07) is 12.3. The SMILES string of the molecule is CCS(=O)(=O)N1CCc2cc(C(=O)COC(=O)[C@H](C)NC(=O)c3ccccc3)ccc21. The molecule has 2 aromatic carbocycles. The zero-order valence-corrected chi connectivity index (χ0v) is 18.1. The van der Waals surface area contributed by atoms with Gasteiger partial charge in [0.1, 0.15) is 6.04 Å². The summed E-state index contributed by atoms with van der Waals surface area (Å²) in [5, 5.41) is 2.53. The van der Waals surface area contributed by atoms with Gasteiger partial charge in [-0.1, -0.05) is 18.2 Å². The number of carbonyl (C=O) groups excluding carboxylic acids is 3. The Balaban J connectivity index is 1.57. The lowest BCUT2D eigenvalue weighted by molar-refractivity contribution is -0.144. The van der Waals surface area contributed by atoms with Crippen LogP contribution in [0, 0.1) is 0 Å². The quantitative estimate of drug-likeness (QED) is 0.492. The molecule has 0 aliphatic carbocycles. The van der Waals surface area contributed by atoms with Crippen molar-refractivity contribution in [3.05, 3.63) is 65.2 Å². The van der Waals surface area contributed by atoms with Crippen molar-refractivity contribution >= 4 is 33.4 Å². The minimum atomic E-state index is -3.36. The third-order valence-corrected chi connectivity index (χ3v) is 6.82. The van der Waals surface area contributed by atoms with Crippen LogP contribution in [0.2, 0.25) is 0 Å². The number of nitrogens with one attached hydrogen (secondary N) is 1. The molecule has 0 spiro atoms. The van der Waals surface area contributed by atoms with E-state index in [2.05, 4.69) is 5.32 Å². The molecule has 0 aromatic heterocycles. The van der Waals surface area contributed by atoms with Crippen molar-refractivity contribution in [3.63, 3.8) is 0 Å². The lowest BCUT2D eigenvalue weighted by atomic mass is 10.1. The molecule has 1 aliphatic heterocycles. The first-order valence-corrected chi connectivity index (χ1v) is 11.5. The van der Waals surface area contributed by atoms with Crippen LogP contribution in [0.3, 0.4) is 0 Å². The van der Waals surface area contributed by atoms with Gasteiger partial charge in [0.05, 0.1) is 11.4 Å². The minimum absolute atomic E-state index is 0.00205. The number of Topliss-reactive ketones (excluding diaryl/α,β-unsaturated/α-hetero) is 1. The highest BCUT2D eigenvalue weighted by atomic mass is 32.2. The number of esters is 1. The second-order valence-corrected chi connectivity index (χ2v) is 9.34. The number of ether oxygens (including phenoxy) is 1. The van der Waals surface area contributed by atoms with Gasteiger partial charge < -0.3 is 10.1 Å². The molecule has 0 saturated carbocycles. The number of amides is 1. The number of benzene rings is 2. The standard InChI is InChI=1S/C22H24N2O6S/c1-3-31(28,29)24-12-11-17-13-18(9-10-19(17)24)20(25)14-30-22(27)15(2)23-21(26)16-7-5-4-6-8-16/h4-10,13,15H,3,11-12,14H2,1-2H3,(H,23,26)/t15-/m0/s1. The predicted octanol–water partition coefficient (Wildman–Crippen LogP) is 1.94. The van der Waals surface area contributed by atoms with E-state index in [0.717, 1.165) is 5.56 Å². The van der Waals surface area contributed by atoms with Gasteiger partial charge in [-0.15, -0.1) is 0 Å². The highest BCUT2D eigenvalue weighted by Crippen LogP contribution is 2.31. The summed E-state index contributed by atoms with van der Waals surface area (Å²) >= 11 is 0. The summed E-state index contributed by atoms with van der Waals surface area (Å²) in [5.74, 6) is -1.54. The highest BCUT2D eigenvalue weighted by molar-refractivity contribution is 7.92. The first-order chi connectivity index (χ1) is 14.7. The summed E-state index contributed by atoms with van der Waals surface area (Å²) < 4.78 is 30.7. The fraction of sp³-hybridized carbons (Fsp3) is 0.318. The molecule has 2 aromatic rings. The second kappa shape index (κ2) is 9.30. The molecule has 164 valence electrons. The lowest BCUT2D eigenvalue weighted by Crippen LogP contribution is -2.40. The molecule has 0 fully saturated rings. The molecule has 0 unspecified atom stereocenters. The summed E-state index contributed by atoms with van der Waals surface area (Å²) in [7, 11) is -3.36. The maximum Gasteiger partial charge on any atom is 0.328 e. The van der Waals surface area contributed by atoms with Crippen LogP contribution >= 0.6 is 0 Å². The van der Waals surface area contributed by atoms with E-state index in [4.69, 9.17) is 4.74 Å². The average molecular weight is 445 g/mol. The van der Waals surface area contributed by atoms with Gasteiger partial charge >= 0.3 is 5.97 Å². The molecule has 0 radical (unpaired) electrons. The van der Waals surface area contributed by atoms with Gasteiger partial charge in [0, 0.05) is 17.7 Å². The number of sulfonamides is 1. The Morgan fingerprint density at radius 1 is 1.10 bits per heavy atom. The van der Waals surface area contributed by atoms with Gasteiger partial charge in [-0.3, -0.25) is 13.9 Å². The first-order valence-electron chi connectivity index (χ1n) is 9.92. The summed E-state index contributed by atoms with van der Waals surface area (Å²) in [6.45, 7) is 2.94. The second-order valence-electron chi connectivity index (χ2n) is 7.16. The number of fused-ring (bicyclic) bond motifs is 1. The third-order valence-electron chi connectivity index (χ3n) is 5.04. The Hall–Kier alpha value is -3.20. The van der Waals surface area contributed by atoms with Crippen molar-refractivity contribution in [1.29, 1.82) is 0 Å². The minimum Gasteiger partial charge on any atom is -0.456 e. The number of hydrogen-bond donors (Lipinski definition) is 1. The Morgan fingerprint density at radius 3 is 2.48 bits per heavy atom. The summed E-state index contributed by atoms with van der Waals surface area (Å²) in [6.07, 6.45) is 0.512. The zero-order valence-electron chi connectivity index (χ0n) is 17.3. The molecule has 1 heterocycles. The van der Waals surface area contributed by atoms with Crippen LogP contribution in [0.1, 0.15) is 40.1 Å². The molecule has 1 N–H and O–H groups in total. The number of rotatable bonds is 8. The Kier molecular flexibility index (Phi) is 6.74. The van der Waals surface area contributed by atoms with Crippen LogP contribution in [0.25, 0.3) is 0 Å². The van der Waals surface area contributed by atoms with E-state index < -0.39 is 40.3 Å². The number of hydrogen-bond acceptors (Lipinski definition) is 6. The van der Waals surface area contributed by atoms with E-state index in [9.17, 15) is 22.8 Å². The monoisotopic (exact) mass is 444 g/mol. The van der Waals surface area contributed by atoms with Crippen LogP contribution in [-0.2, 0) is 26.0 Å². The molecule has 8 nitrogen and oxygen atoms in total. The lowest BCUT2D eigenvalue weighted by Gasteiger charge is -2.18. The average Bonchev–Trinajstić information content (AvgIpc) is 3.21. The maximum absolute atomic E-state index is 12.5. The molecule has 3 rings (SSSR count). The zero-order chi connectivity index (χ0) is 22.6. The molecule has 0 saturated heterocycles. The van der Waals surface area contributed by atoms with Crippen LogP contribution in [0.15, 0.2) is 48.5 Å². The highest BCUT2D eigenvalue weighted by Gasteiger charge is 2.28. The smallest absolute Gasteiger partial charge is 0.328 e. The van der Waals surface area contributed by atoms with Crippen LogP contribution in [0.4, 0.5) is 5.69 Å². The van der Waals surface area contributed by atoms with Crippen LogP contribution in [-0.4, -0.2) is 51.0 Å². The molecule has 1 atom stereocenters. The first kappa shape index (κ1) is 22.5. The maximum atomic E-state index is 12.5. The summed E-state index contributed by atoms with van der Waals surface area (Å²) in [4.78, 5) is 36.7. The van der Waals surface area contributed by atoms with E-state index in [-0.39, 0.29) is 5.75 Å². The van der Waals surface area contributed by atoms with E-state index in [0.29, 0.717) is 29.8 Å². The Labute approximate surface area is 181 Å². The molecule has 1 amide bonds. The van der Waals surface area contributed by atoms with Crippen molar-refractivity contribution in [3.8, 4) is 0 Å². The van der Waals surface area contributed by atoms with Crippen molar-refractivity contribution in [1.82, 2.24) is 5.32 Å². The van der Waals surface area contributed by atoms with E-state index in [1.807, 2.05) is 0 Å². The number of anilines is 1. The third kappa shape index (κ3) is 5.11. The van der Waals surface area contributed by atoms with Gasteiger partial charge in [0.25, 0.3) is 5.91 Å². The molecule has 31 heavy (non-hydrogen) atoms. The molecule has 9 heteroatoms. The topological polar surface area (TPSA) is 110 Å². The fourth-order valence-corrected chi connectivity index (χ4v) is 4.42. The van der Waals surface area contributed by atoms with Crippen molar-refractivity contribution in [2.24, 2.45) is 0 Å². The largest absolute Gasteiger partial charge is 0.456 e. The van der Waals surface area contributed by atoms with Gasteiger partial charge in [-0.05, 0) is 56.2 Å². The fourth-order valence-electron chi connectivity index (χ4n) is 3.26. The van der Waals surface area contributed by atoms with Crippen molar-refractivity contribution in [2.45, 2.75) is 26.3 Å². The van der Waals surface area contributed by atoms with Crippen molar-refractivity contribution < 1.29 is 27.5 Å². The van der Waals surface area contributed by atoms with Crippen LogP contribution < -0.4 is 9.62 Å². The normalized spacial score (nSPS) is 13.9. The summed E-state index contributed by atoms with van der Waals surface area (Å²) in [5.41, 5.74) is 2.09.